The second-order valence-electron chi connectivity index (χ2n) is 10.1. The topological polar surface area (TPSA) is 46.1 Å². The first-order valence-electron chi connectivity index (χ1n) is 12.8. The Morgan fingerprint density at radius 3 is 2.37 bits per heavy atom. The van der Waals surface area contributed by atoms with Gasteiger partial charge >= 0.3 is 0 Å². The first-order valence-corrected chi connectivity index (χ1v) is 13.2. The summed E-state index contributed by atoms with van der Waals surface area (Å²) in [4.78, 5) is 24.1. The molecule has 0 N–H and O–H groups in total. The van der Waals surface area contributed by atoms with Gasteiger partial charge in [0.05, 0.1) is 10.5 Å². The molecule has 1 aliphatic rings. The minimum Gasteiger partial charge on any atom is -0.362 e. The van der Waals surface area contributed by atoms with E-state index in [0.29, 0.717) is 17.9 Å². The Balaban J connectivity index is 1.17. The van der Waals surface area contributed by atoms with E-state index in [9.17, 15) is 9.18 Å². The molecule has 1 saturated carbocycles. The van der Waals surface area contributed by atoms with Gasteiger partial charge in [-0.3, -0.25) is 4.79 Å². The van der Waals surface area contributed by atoms with Crippen LogP contribution in [0.15, 0.2) is 42.5 Å². The van der Waals surface area contributed by atoms with E-state index in [4.69, 9.17) is 21.6 Å². The largest absolute Gasteiger partial charge is 0.362 e. The number of nitrogens with zero attached hydrogens (tertiary/aromatic N) is 3. The molecule has 0 aliphatic heterocycles. The molecule has 2 aromatic carbocycles. The monoisotopic (exact) mass is 495 g/mol. The Morgan fingerprint density at radius 1 is 1.00 bits per heavy atom. The van der Waals surface area contributed by atoms with Crippen molar-refractivity contribution < 1.29 is 9.18 Å². The number of benzene rings is 2. The molecule has 1 aromatic heterocycles. The van der Waals surface area contributed by atoms with Crippen molar-refractivity contribution in [3.63, 3.8) is 0 Å². The molecule has 1 heterocycles. The highest BCUT2D eigenvalue weighted by Gasteiger charge is 2.21. The van der Waals surface area contributed by atoms with Crippen molar-refractivity contribution in [3.05, 3.63) is 64.7 Å². The number of anilines is 1. The third-order valence-electron chi connectivity index (χ3n) is 7.29. The van der Waals surface area contributed by atoms with Crippen LogP contribution < -0.4 is 4.90 Å². The van der Waals surface area contributed by atoms with Gasteiger partial charge in [-0.15, -0.1) is 0 Å². The van der Waals surface area contributed by atoms with Gasteiger partial charge in [0.15, 0.2) is 5.78 Å². The van der Waals surface area contributed by atoms with Gasteiger partial charge in [-0.25, -0.2) is 14.4 Å². The Kier molecular flexibility index (Phi) is 8.72. The molecule has 0 radical (unpaired) electrons. The van der Waals surface area contributed by atoms with Crippen molar-refractivity contribution in [2.24, 2.45) is 11.8 Å². The first-order chi connectivity index (χ1) is 16.9. The lowest BCUT2D eigenvalue weighted by Crippen LogP contribution is -2.16. The van der Waals surface area contributed by atoms with Crippen LogP contribution in [-0.2, 0) is 6.42 Å². The number of aryl methyl sites for hydroxylation is 1. The number of fused-ring (bicyclic) bond motifs is 1. The van der Waals surface area contributed by atoms with Crippen molar-refractivity contribution in [1.29, 1.82) is 0 Å². The van der Waals surface area contributed by atoms with E-state index in [0.717, 1.165) is 54.1 Å². The van der Waals surface area contributed by atoms with Gasteiger partial charge in [-0.05, 0) is 55.0 Å². The van der Waals surface area contributed by atoms with Gasteiger partial charge in [0.25, 0.3) is 0 Å². The molecule has 0 atom stereocenters. The van der Waals surface area contributed by atoms with Crippen LogP contribution in [-0.4, -0.2) is 29.8 Å². The molecule has 186 valence electrons. The molecule has 3 aromatic rings. The summed E-state index contributed by atoms with van der Waals surface area (Å²) in [5, 5.41) is 1.11. The molecule has 0 bridgehead atoms. The molecule has 1 fully saturated rings. The number of hydrogen-bond acceptors (Lipinski definition) is 4. The number of halogens is 2. The third kappa shape index (κ3) is 6.78. The summed E-state index contributed by atoms with van der Waals surface area (Å²) in [5.41, 5.74) is 1.52. The summed E-state index contributed by atoms with van der Waals surface area (Å²) >= 11 is 5.80. The van der Waals surface area contributed by atoms with Gasteiger partial charge in [-0.1, -0.05) is 62.3 Å². The van der Waals surface area contributed by atoms with Crippen LogP contribution in [0.4, 0.5) is 10.2 Å². The average Bonchev–Trinajstić information content (AvgIpc) is 2.86. The highest BCUT2D eigenvalue weighted by molar-refractivity contribution is 6.31. The number of Topliss-reactive ketones (excluding diaryl/α,β-unsaturated/α-hetero) is 1. The second-order valence-corrected chi connectivity index (χ2v) is 10.5. The fourth-order valence-corrected chi connectivity index (χ4v) is 5.46. The molecule has 0 spiro atoms. The van der Waals surface area contributed by atoms with Crippen molar-refractivity contribution in [3.8, 4) is 0 Å². The lowest BCUT2D eigenvalue weighted by molar-refractivity contribution is 0.0975. The summed E-state index contributed by atoms with van der Waals surface area (Å²) in [7, 11) is 4.07. The molecule has 1 aliphatic carbocycles. The van der Waals surface area contributed by atoms with Gasteiger partial charge in [0.1, 0.15) is 17.5 Å². The zero-order chi connectivity index (χ0) is 24.8. The standard InChI is InChI=1S/C29H35ClFN3O/c1-34(2)29-23-9-3-4-10-26(23)32-28(33-29)12-6-8-21-15-13-20(14-16-21)7-5-11-27(35)22-17-18-25(31)24(30)19-22/h3-4,9-10,17-21H,5-8,11-16H2,1-2H3. The summed E-state index contributed by atoms with van der Waals surface area (Å²) in [5.74, 6) is 2.99. The number of para-hydroxylation sites is 1. The number of hydrogen-bond donors (Lipinski definition) is 0. The number of rotatable bonds is 10. The first kappa shape index (κ1) is 25.6. The summed E-state index contributed by atoms with van der Waals surface area (Å²) in [6.07, 6.45) is 10.8. The Morgan fingerprint density at radius 2 is 1.69 bits per heavy atom. The molecule has 0 unspecified atom stereocenters. The van der Waals surface area contributed by atoms with Crippen LogP contribution in [0.5, 0.6) is 0 Å². The number of carbonyl (C=O) groups excluding carboxylic acids is 1. The molecule has 35 heavy (non-hydrogen) atoms. The predicted molar refractivity (Wildman–Crippen MR) is 142 cm³/mol. The molecule has 4 nitrogen and oxygen atoms in total. The predicted octanol–water partition coefficient (Wildman–Crippen LogP) is 7.67. The van der Waals surface area contributed by atoms with E-state index < -0.39 is 5.82 Å². The van der Waals surface area contributed by atoms with Crippen molar-refractivity contribution >= 4 is 34.1 Å². The molecule has 6 heteroatoms. The maximum absolute atomic E-state index is 13.3. The normalized spacial score (nSPS) is 18.1. The van der Waals surface area contributed by atoms with Crippen LogP contribution in [0.25, 0.3) is 10.9 Å². The quantitative estimate of drug-likeness (QED) is 0.271. The van der Waals surface area contributed by atoms with E-state index in [-0.39, 0.29) is 10.8 Å². The van der Waals surface area contributed by atoms with Crippen LogP contribution in [0.3, 0.4) is 0 Å². The van der Waals surface area contributed by atoms with Crippen molar-refractivity contribution in [1.82, 2.24) is 9.97 Å². The number of ketones is 1. The Hall–Kier alpha value is -2.53. The Labute approximate surface area is 212 Å². The SMILES string of the molecule is CN(C)c1nc(CCCC2CCC(CCCC(=O)c3ccc(F)c(Cl)c3)CC2)nc2ccccc12. The smallest absolute Gasteiger partial charge is 0.162 e. The zero-order valence-electron chi connectivity index (χ0n) is 20.8. The molecule has 0 saturated heterocycles. The molecule has 4 rings (SSSR count). The van der Waals surface area contributed by atoms with Crippen LogP contribution in [0.2, 0.25) is 5.02 Å². The van der Waals surface area contributed by atoms with Crippen molar-refractivity contribution in [2.45, 2.75) is 64.2 Å². The fraction of sp³-hybridized carbons (Fsp3) is 0.483. The van der Waals surface area contributed by atoms with E-state index in [1.807, 2.05) is 26.2 Å². The van der Waals surface area contributed by atoms with Gasteiger partial charge in [0, 0.05) is 37.9 Å². The van der Waals surface area contributed by atoms with Crippen LogP contribution in [0.1, 0.15) is 74.0 Å². The highest BCUT2D eigenvalue weighted by atomic mass is 35.5. The van der Waals surface area contributed by atoms with Gasteiger partial charge in [-0.2, -0.15) is 0 Å². The zero-order valence-corrected chi connectivity index (χ0v) is 21.5. The van der Waals surface area contributed by atoms with Crippen LogP contribution >= 0.6 is 11.6 Å². The lowest BCUT2D eigenvalue weighted by Gasteiger charge is -2.28. The number of aromatic nitrogens is 2. The molecule has 0 amide bonds. The average molecular weight is 496 g/mol. The van der Waals surface area contributed by atoms with Gasteiger partial charge in [0.2, 0.25) is 0 Å². The lowest BCUT2D eigenvalue weighted by atomic mass is 9.78. The Bertz CT molecular complexity index is 1160. The van der Waals surface area contributed by atoms with E-state index >= 15 is 0 Å². The van der Waals surface area contributed by atoms with Crippen molar-refractivity contribution in [2.75, 3.05) is 19.0 Å². The summed E-state index contributed by atoms with van der Waals surface area (Å²) < 4.78 is 13.3. The maximum atomic E-state index is 13.3. The number of carbonyl (C=O) groups is 1. The minimum atomic E-state index is -0.483. The maximum Gasteiger partial charge on any atom is 0.162 e. The highest BCUT2D eigenvalue weighted by Crippen LogP contribution is 2.34. The van der Waals surface area contributed by atoms with Gasteiger partial charge < -0.3 is 4.90 Å². The molecular formula is C29H35ClFN3O. The summed E-state index contributed by atoms with van der Waals surface area (Å²) in [6, 6.07) is 12.5. The fourth-order valence-electron chi connectivity index (χ4n) is 5.28. The van der Waals surface area contributed by atoms with Crippen LogP contribution in [0, 0.1) is 17.7 Å². The third-order valence-corrected chi connectivity index (χ3v) is 7.58. The second kappa shape index (κ2) is 11.9. The summed E-state index contributed by atoms with van der Waals surface area (Å²) in [6.45, 7) is 0. The minimum absolute atomic E-state index is 0.0134. The van der Waals surface area contributed by atoms with E-state index in [2.05, 4.69) is 17.0 Å². The van der Waals surface area contributed by atoms with E-state index in [1.165, 1.54) is 50.3 Å². The molecular weight excluding hydrogens is 461 g/mol. The van der Waals surface area contributed by atoms with E-state index in [1.54, 1.807) is 0 Å².